The molecule has 4 fully saturated rings. The number of hydrogen-bond donors (Lipinski definition) is 0. The van der Waals surface area contributed by atoms with Gasteiger partial charge in [0.1, 0.15) is 5.60 Å². The van der Waals surface area contributed by atoms with Gasteiger partial charge in [-0.05, 0) is 86.2 Å². The highest BCUT2D eigenvalue weighted by Gasteiger charge is 2.79. The van der Waals surface area contributed by atoms with Gasteiger partial charge in [-0.3, -0.25) is 4.79 Å². The van der Waals surface area contributed by atoms with Crippen LogP contribution in [0.5, 0.6) is 0 Å². The second kappa shape index (κ2) is 5.49. The molecule has 1 heterocycles. The number of ether oxygens (including phenoxy) is 1. The molecule has 148 valence electrons. The minimum absolute atomic E-state index is 0.0946. The molecule has 6 rings (SSSR count). The summed E-state index contributed by atoms with van der Waals surface area (Å²) >= 11 is 0. The van der Waals surface area contributed by atoms with Crippen LogP contribution in [0.1, 0.15) is 51.9 Å². The van der Waals surface area contributed by atoms with Gasteiger partial charge in [0.2, 0.25) is 0 Å². The third-order valence-corrected chi connectivity index (χ3v) is 9.78. The molecule has 0 aromatic heterocycles. The molecule has 0 bridgehead atoms. The quantitative estimate of drug-likeness (QED) is 0.519. The Balaban J connectivity index is 1.45. The van der Waals surface area contributed by atoms with E-state index >= 15 is 0 Å². The second-order valence-electron chi connectivity index (χ2n) is 10.3. The van der Waals surface area contributed by atoms with E-state index in [4.69, 9.17) is 4.74 Å². The Morgan fingerprint density at radius 2 is 2.14 bits per heavy atom. The van der Waals surface area contributed by atoms with Gasteiger partial charge in [-0.25, -0.2) is 4.79 Å². The Hall–Kier alpha value is -1.64. The number of hydrogen-bond acceptors (Lipinski definition) is 3. The fourth-order valence-electron chi connectivity index (χ4n) is 8.90. The molecule has 0 saturated heterocycles. The Labute approximate surface area is 167 Å². The monoisotopic (exact) mass is 378 g/mol. The summed E-state index contributed by atoms with van der Waals surface area (Å²) in [6.45, 7) is 6.54. The number of carbonyl (C=O) groups is 2. The predicted octanol–water partition coefficient (Wildman–Crippen LogP) is 4.64. The molecule has 3 nitrogen and oxygen atoms in total. The van der Waals surface area contributed by atoms with Crippen LogP contribution < -0.4 is 0 Å². The third-order valence-electron chi connectivity index (χ3n) is 9.78. The molecule has 3 unspecified atom stereocenters. The minimum atomic E-state index is -0.344. The lowest BCUT2D eigenvalue weighted by Crippen LogP contribution is -2.57. The van der Waals surface area contributed by atoms with Gasteiger partial charge in [0.05, 0.1) is 0 Å². The van der Waals surface area contributed by atoms with Gasteiger partial charge in [0, 0.05) is 23.8 Å². The summed E-state index contributed by atoms with van der Waals surface area (Å²) in [4.78, 5) is 24.2. The van der Waals surface area contributed by atoms with E-state index < -0.39 is 0 Å². The normalized spacial score (nSPS) is 53.0. The molecular formula is C25H30O3. The first-order valence-electron chi connectivity index (χ1n) is 11.3. The van der Waals surface area contributed by atoms with Gasteiger partial charge < -0.3 is 4.74 Å². The molecule has 0 N–H and O–H groups in total. The van der Waals surface area contributed by atoms with Gasteiger partial charge in [0.15, 0.2) is 5.78 Å². The smallest absolute Gasteiger partial charge is 0.331 e. The Morgan fingerprint density at radius 3 is 2.86 bits per heavy atom. The van der Waals surface area contributed by atoms with Crippen LogP contribution >= 0.6 is 0 Å². The molecule has 4 saturated carbocycles. The van der Waals surface area contributed by atoms with Crippen molar-refractivity contribution in [1.82, 2.24) is 0 Å². The van der Waals surface area contributed by atoms with E-state index in [9.17, 15) is 9.59 Å². The van der Waals surface area contributed by atoms with E-state index in [2.05, 4.69) is 25.7 Å². The van der Waals surface area contributed by atoms with Crippen LogP contribution in [0.3, 0.4) is 0 Å². The van der Waals surface area contributed by atoms with Crippen LogP contribution in [-0.2, 0) is 14.3 Å². The first-order chi connectivity index (χ1) is 13.5. The van der Waals surface area contributed by atoms with Crippen LogP contribution in [0.4, 0.5) is 0 Å². The summed E-state index contributed by atoms with van der Waals surface area (Å²) in [6, 6.07) is 0. The van der Waals surface area contributed by atoms with Crippen LogP contribution in [0.2, 0.25) is 0 Å². The zero-order chi connectivity index (χ0) is 19.3. The van der Waals surface area contributed by atoms with E-state index in [1.54, 1.807) is 6.08 Å². The molecule has 1 aliphatic heterocycles. The number of ketones is 1. The number of rotatable bonds is 2. The molecule has 6 aliphatic rings. The van der Waals surface area contributed by atoms with Crippen molar-refractivity contribution in [2.24, 2.45) is 46.8 Å². The van der Waals surface area contributed by atoms with Crippen LogP contribution in [0, 0.1) is 46.8 Å². The van der Waals surface area contributed by atoms with Crippen LogP contribution in [0.25, 0.3) is 0 Å². The third kappa shape index (κ3) is 1.87. The number of allylic oxidation sites excluding steroid dienone is 2. The second-order valence-corrected chi connectivity index (χ2v) is 10.3. The van der Waals surface area contributed by atoms with E-state index in [0.717, 1.165) is 32.1 Å². The Morgan fingerprint density at radius 1 is 1.29 bits per heavy atom. The van der Waals surface area contributed by atoms with Crippen molar-refractivity contribution in [3.63, 3.8) is 0 Å². The SMILES string of the molecule is C=C[C@H]1CC2=CC(=O)CC[C@@H]2C2CC[C@@]3(CC)C(C21)[C@@H]1C[C@@H]1[C@@]31C=CC(=O)O1. The maximum absolute atomic E-state index is 12.2. The van der Waals surface area contributed by atoms with Crippen LogP contribution in [-0.4, -0.2) is 17.4 Å². The standard InChI is InChI=1S/C25H30O3/c1-3-14-11-15-12-16(26)5-6-17(15)18-7-9-24(4-2)23(22(14)18)19-13-20(19)25(24)10-8-21(27)28-25/h3,8,10,12,14,17-20,22-23H,1,4-7,9,11,13H2,2H3/t14-,17-,18?,19+,20-,22?,23?,24-,25-/m0/s1. The van der Waals surface area contributed by atoms with Crippen molar-refractivity contribution in [2.45, 2.75) is 57.5 Å². The van der Waals surface area contributed by atoms with Crippen molar-refractivity contribution < 1.29 is 14.3 Å². The molecule has 9 atom stereocenters. The Kier molecular flexibility index (Phi) is 3.38. The zero-order valence-corrected chi connectivity index (χ0v) is 16.7. The van der Waals surface area contributed by atoms with Crippen molar-refractivity contribution >= 4 is 11.8 Å². The number of carbonyl (C=O) groups excluding carboxylic acids is 2. The lowest BCUT2D eigenvalue weighted by atomic mass is 9.46. The topological polar surface area (TPSA) is 43.4 Å². The fourth-order valence-corrected chi connectivity index (χ4v) is 8.90. The van der Waals surface area contributed by atoms with E-state index in [0.29, 0.717) is 47.2 Å². The van der Waals surface area contributed by atoms with Gasteiger partial charge in [-0.2, -0.15) is 0 Å². The highest BCUT2D eigenvalue weighted by atomic mass is 16.6. The van der Waals surface area contributed by atoms with E-state index in [1.807, 2.05) is 6.08 Å². The highest BCUT2D eigenvalue weighted by molar-refractivity contribution is 5.91. The average molecular weight is 379 g/mol. The average Bonchev–Trinajstić information content (AvgIpc) is 3.34. The summed E-state index contributed by atoms with van der Waals surface area (Å²) in [7, 11) is 0. The van der Waals surface area contributed by atoms with Gasteiger partial charge in [0.25, 0.3) is 0 Å². The summed E-state index contributed by atoms with van der Waals surface area (Å²) in [6.07, 6.45) is 15.4. The molecule has 1 spiro atoms. The zero-order valence-electron chi connectivity index (χ0n) is 16.7. The molecular weight excluding hydrogens is 348 g/mol. The first-order valence-corrected chi connectivity index (χ1v) is 11.3. The maximum atomic E-state index is 12.2. The largest absolute Gasteiger partial charge is 0.451 e. The fraction of sp³-hybridized carbons (Fsp3) is 0.680. The molecule has 28 heavy (non-hydrogen) atoms. The van der Waals surface area contributed by atoms with E-state index in [-0.39, 0.29) is 17.0 Å². The molecule has 0 amide bonds. The minimum Gasteiger partial charge on any atom is -0.451 e. The van der Waals surface area contributed by atoms with E-state index in [1.165, 1.54) is 18.4 Å². The summed E-state index contributed by atoms with van der Waals surface area (Å²) < 4.78 is 6.16. The lowest BCUT2D eigenvalue weighted by Gasteiger charge is -2.59. The molecule has 3 heteroatoms. The molecule has 5 aliphatic carbocycles. The van der Waals surface area contributed by atoms with Crippen molar-refractivity contribution in [3.8, 4) is 0 Å². The Bertz CT molecular complexity index is 837. The van der Waals surface area contributed by atoms with Crippen molar-refractivity contribution in [3.05, 3.63) is 36.5 Å². The van der Waals surface area contributed by atoms with Crippen molar-refractivity contribution in [2.75, 3.05) is 0 Å². The summed E-state index contributed by atoms with van der Waals surface area (Å²) in [5.41, 5.74) is 1.15. The first kappa shape index (κ1) is 17.2. The van der Waals surface area contributed by atoms with Gasteiger partial charge in [-0.15, -0.1) is 6.58 Å². The summed E-state index contributed by atoms with van der Waals surface area (Å²) in [5, 5.41) is 0. The van der Waals surface area contributed by atoms with Gasteiger partial charge >= 0.3 is 5.97 Å². The highest BCUT2D eigenvalue weighted by Crippen LogP contribution is 2.79. The van der Waals surface area contributed by atoms with Gasteiger partial charge in [-0.1, -0.05) is 18.6 Å². The summed E-state index contributed by atoms with van der Waals surface area (Å²) in [5.74, 6) is 4.35. The molecule has 0 aromatic carbocycles. The van der Waals surface area contributed by atoms with Crippen molar-refractivity contribution in [1.29, 1.82) is 0 Å². The van der Waals surface area contributed by atoms with Crippen LogP contribution in [0.15, 0.2) is 36.5 Å². The predicted molar refractivity (Wildman–Crippen MR) is 106 cm³/mol. The lowest BCUT2D eigenvalue weighted by molar-refractivity contribution is -0.173. The molecule has 0 aromatic rings. The number of esters is 1. The number of fused-ring (bicyclic) bond motifs is 9. The maximum Gasteiger partial charge on any atom is 0.331 e. The molecule has 0 radical (unpaired) electrons.